The number of likely N-dealkylation sites (tertiary alicyclic amines) is 1. The van der Waals surface area contributed by atoms with Gasteiger partial charge >= 0.3 is 0 Å². The Kier molecular flexibility index (Phi) is 1.54. The van der Waals surface area contributed by atoms with E-state index >= 15 is 0 Å². The smallest absolute Gasteiger partial charge is 0.0564 e. The predicted octanol–water partition coefficient (Wildman–Crippen LogP) is -0.0712. The molecule has 0 radical (unpaired) electrons. The molecule has 0 spiro atoms. The maximum absolute atomic E-state index is 8.96. The molecule has 48 valence electrons. The molecular weight excluding hydrogens is 102 g/mol. The zero-order valence-corrected chi connectivity index (χ0v) is 5.46. The van der Waals surface area contributed by atoms with Gasteiger partial charge in [0.2, 0.25) is 0 Å². The molecule has 1 aliphatic heterocycles. The summed E-state index contributed by atoms with van der Waals surface area (Å²) in [6, 6.07) is 0. The van der Waals surface area contributed by atoms with Crippen molar-refractivity contribution < 1.29 is 5.11 Å². The summed E-state index contributed by atoms with van der Waals surface area (Å²) in [6.07, 6.45) is -0.105. The Morgan fingerprint density at radius 1 is 1.62 bits per heavy atom. The lowest BCUT2D eigenvalue weighted by Gasteiger charge is -2.37. The Bertz CT molecular complexity index is 76.6. The van der Waals surface area contributed by atoms with Gasteiger partial charge in [-0.05, 0) is 14.0 Å². The molecule has 0 bridgehead atoms. The third-order valence-electron chi connectivity index (χ3n) is 1.77. The third kappa shape index (κ3) is 1.01. The van der Waals surface area contributed by atoms with Crippen molar-refractivity contribution in [2.24, 2.45) is 5.92 Å². The van der Waals surface area contributed by atoms with Crippen molar-refractivity contribution in [2.75, 3.05) is 20.1 Å². The lowest BCUT2D eigenvalue weighted by atomic mass is 9.96. The van der Waals surface area contributed by atoms with E-state index in [1.807, 2.05) is 6.92 Å². The fourth-order valence-electron chi connectivity index (χ4n) is 1.05. The van der Waals surface area contributed by atoms with E-state index in [0.29, 0.717) is 5.92 Å². The predicted molar refractivity (Wildman–Crippen MR) is 32.7 cm³/mol. The second-order valence-corrected chi connectivity index (χ2v) is 2.72. The number of hydrogen-bond donors (Lipinski definition) is 1. The highest BCUT2D eigenvalue weighted by molar-refractivity contribution is 4.80. The van der Waals surface area contributed by atoms with Crippen LogP contribution >= 0.6 is 0 Å². The molecule has 0 amide bonds. The van der Waals surface area contributed by atoms with Crippen molar-refractivity contribution in [3.05, 3.63) is 0 Å². The summed E-state index contributed by atoms with van der Waals surface area (Å²) in [7, 11) is 2.07. The number of rotatable bonds is 1. The van der Waals surface area contributed by atoms with Gasteiger partial charge in [0.1, 0.15) is 0 Å². The summed E-state index contributed by atoms with van der Waals surface area (Å²) in [5.74, 6) is 0.542. The summed E-state index contributed by atoms with van der Waals surface area (Å²) < 4.78 is 0. The first-order valence-corrected chi connectivity index (χ1v) is 3.07. The zero-order chi connectivity index (χ0) is 6.15. The quantitative estimate of drug-likeness (QED) is 0.517. The maximum Gasteiger partial charge on any atom is 0.0564 e. The second-order valence-electron chi connectivity index (χ2n) is 2.72. The highest BCUT2D eigenvalue weighted by atomic mass is 16.3. The van der Waals surface area contributed by atoms with Gasteiger partial charge in [0.25, 0.3) is 0 Å². The van der Waals surface area contributed by atoms with E-state index < -0.39 is 0 Å². The minimum Gasteiger partial charge on any atom is -0.393 e. The standard InChI is InChI=1S/C6H13NO/c1-5(8)6-3-7(2)4-6/h5-6,8H,3-4H2,1-2H3/t5-/m1/s1. The molecule has 0 aliphatic carbocycles. The van der Waals surface area contributed by atoms with Crippen LogP contribution in [0.15, 0.2) is 0 Å². The van der Waals surface area contributed by atoms with Gasteiger partial charge in [0.15, 0.2) is 0 Å². The van der Waals surface area contributed by atoms with Crippen LogP contribution in [0.2, 0.25) is 0 Å². The maximum atomic E-state index is 8.96. The van der Waals surface area contributed by atoms with Gasteiger partial charge in [0, 0.05) is 19.0 Å². The molecule has 1 aliphatic rings. The molecule has 0 aromatic heterocycles. The van der Waals surface area contributed by atoms with Gasteiger partial charge in [-0.15, -0.1) is 0 Å². The summed E-state index contributed by atoms with van der Waals surface area (Å²) in [4.78, 5) is 2.21. The Morgan fingerprint density at radius 3 is 2.25 bits per heavy atom. The molecule has 0 aromatic carbocycles. The molecule has 1 rings (SSSR count). The highest BCUT2D eigenvalue weighted by Gasteiger charge is 2.26. The molecule has 1 fully saturated rings. The molecule has 1 heterocycles. The molecule has 2 nitrogen and oxygen atoms in total. The van der Waals surface area contributed by atoms with Crippen LogP contribution in [0.3, 0.4) is 0 Å². The number of aliphatic hydroxyl groups excluding tert-OH is 1. The Balaban J connectivity index is 2.15. The molecular formula is C6H13NO. The van der Waals surface area contributed by atoms with Crippen LogP contribution in [0.5, 0.6) is 0 Å². The van der Waals surface area contributed by atoms with Crippen molar-refractivity contribution >= 4 is 0 Å². The van der Waals surface area contributed by atoms with Crippen LogP contribution in [-0.2, 0) is 0 Å². The normalized spacial score (nSPS) is 27.4. The van der Waals surface area contributed by atoms with Gasteiger partial charge in [-0.25, -0.2) is 0 Å². The summed E-state index contributed by atoms with van der Waals surface area (Å²) in [6.45, 7) is 3.99. The van der Waals surface area contributed by atoms with Crippen LogP contribution in [0.4, 0.5) is 0 Å². The Hall–Kier alpha value is -0.0800. The first-order chi connectivity index (χ1) is 3.70. The summed E-state index contributed by atoms with van der Waals surface area (Å²) in [5.41, 5.74) is 0. The van der Waals surface area contributed by atoms with Gasteiger partial charge in [-0.3, -0.25) is 0 Å². The van der Waals surface area contributed by atoms with E-state index in [4.69, 9.17) is 5.11 Å². The van der Waals surface area contributed by atoms with Gasteiger partial charge in [-0.2, -0.15) is 0 Å². The van der Waals surface area contributed by atoms with E-state index in [0.717, 1.165) is 13.1 Å². The van der Waals surface area contributed by atoms with Crippen molar-refractivity contribution in [2.45, 2.75) is 13.0 Å². The van der Waals surface area contributed by atoms with E-state index in [9.17, 15) is 0 Å². The largest absolute Gasteiger partial charge is 0.393 e. The topological polar surface area (TPSA) is 23.5 Å². The van der Waals surface area contributed by atoms with Gasteiger partial charge < -0.3 is 10.0 Å². The molecule has 2 heteroatoms. The Labute approximate surface area is 50.1 Å². The summed E-state index contributed by atoms with van der Waals surface area (Å²) in [5, 5.41) is 8.96. The van der Waals surface area contributed by atoms with Crippen LogP contribution in [0.1, 0.15) is 6.92 Å². The van der Waals surface area contributed by atoms with Crippen molar-refractivity contribution in [1.29, 1.82) is 0 Å². The number of nitrogens with zero attached hydrogens (tertiary/aromatic N) is 1. The summed E-state index contributed by atoms with van der Waals surface area (Å²) >= 11 is 0. The van der Waals surface area contributed by atoms with E-state index in [2.05, 4.69) is 11.9 Å². The van der Waals surface area contributed by atoms with Gasteiger partial charge in [0.05, 0.1) is 6.10 Å². The van der Waals surface area contributed by atoms with Crippen LogP contribution < -0.4 is 0 Å². The van der Waals surface area contributed by atoms with E-state index in [1.165, 1.54) is 0 Å². The number of aliphatic hydroxyl groups is 1. The van der Waals surface area contributed by atoms with Gasteiger partial charge in [-0.1, -0.05) is 0 Å². The molecule has 1 atom stereocenters. The molecule has 1 N–H and O–H groups in total. The molecule has 8 heavy (non-hydrogen) atoms. The number of hydrogen-bond acceptors (Lipinski definition) is 2. The van der Waals surface area contributed by atoms with Crippen LogP contribution in [0, 0.1) is 5.92 Å². The SMILES string of the molecule is C[C@@H](O)C1CN(C)C1. The first-order valence-electron chi connectivity index (χ1n) is 3.07. The monoisotopic (exact) mass is 115 g/mol. The zero-order valence-electron chi connectivity index (χ0n) is 5.46. The third-order valence-corrected chi connectivity index (χ3v) is 1.77. The molecule has 0 aromatic rings. The lowest BCUT2D eigenvalue weighted by Crippen LogP contribution is -2.48. The van der Waals surface area contributed by atoms with Crippen LogP contribution in [-0.4, -0.2) is 36.2 Å². The van der Waals surface area contributed by atoms with Crippen LogP contribution in [0.25, 0.3) is 0 Å². The minimum absolute atomic E-state index is 0.105. The Morgan fingerprint density at radius 2 is 2.12 bits per heavy atom. The second kappa shape index (κ2) is 2.03. The first kappa shape index (κ1) is 6.05. The van der Waals surface area contributed by atoms with Crippen molar-refractivity contribution in [3.8, 4) is 0 Å². The van der Waals surface area contributed by atoms with E-state index in [1.54, 1.807) is 0 Å². The molecule has 0 saturated carbocycles. The molecule has 1 saturated heterocycles. The molecule has 0 unspecified atom stereocenters. The highest BCUT2D eigenvalue weighted by Crippen LogP contribution is 2.15. The van der Waals surface area contributed by atoms with Crippen molar-refractivity contribution in [1.82, 2.24) is 4.90 Å². The lowest BCUT2D eigenvalue weighted by molar-refractivity contribution is 0.0210. The van der Waals surface area contributed by atoms with Crippen molar-refractivity contribution in [3.63, 3.8) is 0 Å². The fraction of sp³-hybridized carbons (Fsp3) is 1.00. The fourth-order valence-corrected chi connectivity index (χ4v) is 1.05. The minimum atomic E-state index is -0.105. The average molecular weight is 115 g/mol. The average Bonchev–Trinajstić information content (AvgIpc) is 1.57. The van der Waals surface area contributed by atoms with E-state index in [-0.39, 0.29) is 6.10 Å².